The molecule has 28 heavy (non-hydrogen) atoms. The number of nitrogens with zero attached hydrogens (tertiary/aromatic N) is 3. The predicted octanol–water partition coefficient (Wildman–Crippen LogP) is 1.94. The Morgan fingerprint density at radius 1 is 1.00 bits per heavy atom. The van der Waals surface area contributed by atoms with E-state index in [0.717, 1.165) is 10.6 Å². The average Bonchev–Trinajstić information content (AvgIpc) is 2.92. The Morgan fingerprint density at radius 2 is 1.71 bits per heavy atom. The molecule has 0 saturated carbocycles. The molecular weight excluding hydrogens is 361 g/mol. The molecule has 3 amide bonds. The number of hydrogen-bond acceptors (Lipinski definition) is 4. The van der Waals surface area contributed by atoms with Crippen LogP contribution in [0, 0.1) is 5.82 Å². The molecular formula is C21H20FN3O3. The Balaban J connectivity index is 1.45. The molecule has 0 bridgehead atoms. The van der Waals surface area contributed by atoms with Gasteiger partial charge in [-0.05, 0) is 29.8 Å². The van der Waals surface area contributed by atoms with Crippen LogP contribution in [0.2, 0.25) is 0 Å². The van der Waals surface area contributed by atoms with Gasteiger partial charge in [-0.1, -0.05) is 18.2 Å². The van der Waals surface area contributed by atoms with Gasteiger partial charge in [0.05, 0.1) is 23.2 Å². The number of amides is 3. The van der Waals surface area contributed by atoms with Gasteiger partial charge in [0.1, 0.15) is 5.82 Å². The molecule has 4 rings (SSSR count). The van der Waals surface area contributed by atoms with E-state index >= 15 is 0 Å². The van der Waals surface area contributed by atoms with Crippen molar-refractivity contribution in [2.75, 3.05) is 38.1 Å². The minimum atomic E-state index is -0.350. The fraction of sp³-hybridized carbons (Fsp3) is 0.286. The maximum Gasteiger partial charge on any atom is 0.263 e. The maximum atomic E-state index is 13.3. The molecule has 2 aliphatic rings. The van der Waals surface area contributed by atoms with Crippen LogP contribution in [0.25, 0.3) is 0 Å². The van der Waals surface area contributed by atoms with Gasteiger partial charge in [-0.15, -0.1) is 0 Å². The van der Waals surface area contributed by atoms with Crippen molar-refractivity contribution in [3.05, 3.63) is 65.0 Å². The highest BCUT2D eigenvalue weighted by molar-refractivity contribution is 6.23. The third-order valence-electron chi connectivity index (χ3n) is 5.31. The molecule has 1 saturated heterocycles. The first-order valence-corrected chi connectivity index (χ1v) is 9.18. The Bertz CT molecular complexity index is 967. The van der Waals surface area contributed by atoms with Crippen molar-refractivity contribution in [1.82, 2.24) is 9.80 Å². The van der Waals surface area contributed by atoms with Gasteiger partial charge >= 0.3 is 0 Å². The average molecular weight is 381 g/mol. The molecule has 144 valence electrons. The van der Waals surface area contributed by atoms with Crippen LogP contribution in [0.4, 0.5) is 10.1 Å². The summed E-state index contributed by atoms with van der Waals surface area (Å²) in [6.07, 6.45) is 0.163. The van der Waals surface area contributed by atoms with Crippen LogP contribution < -0.4 is 4.90 Å². The lowest BCUT2D eigenvalue weighted by Gasteiger charge is -2.36. The molecule has 0 atom stereocenters. The predicted molar refractivity (Wildman–Crippen MR) is 102 cm³/mol. The lowest BCUT2D eigenvalue weighted by molar-refractivity contribution is -0.130. The highest BCUT2D eigenvalue weighted by atomic mass is 19.1. The van der Waals surface area contributed by atoms with Crippen LogP contribution in [0.15, 0.2) is 42.5 Å². The molecule has 0 spiro atoms. The third kappa shape index (κ3) is 3.13. The van der Waals surface area contributed by atoms with Crippen molar-refractivity contribution in [2.24, 2.45) is 0 Å². The van der Waals surface area contributed by atoms with E-state index in [2.05, 4.69) is 0 Å². The van der Waals surface area contributed by atoms with Crippen LogP contribution in [0.5, 0.6) is 0 Å². The topological polar surface area (TPSA) is 60.9 Å². The van der Waals surface area contributed by atoms with Gasteiger partial charge in [-0.25, -0.2) is 4.39 Å². The molecule has 0 aromatic heterocycles. The van der Waals surface area contributed by atoms with E-state index in [-0.39, 0.29) is 30.0 Å². The van der Waals surface area contributed by atoms with Gasteiger partial charge in [0.2, 0.25) is 5.91 Å². The van der Waals surface area contributed by atoms with Crippen LogP contribution in [0.1, 0.15) is 26.3 Å². The van der Waals surface area contributed by atoms with Crippen molar-refractivity contribution >= 4 is 23.4 Å². The van der Waals surface area contributed by atoms with E-state index in [4.69, 9.17) is 0 Å². The zero-order valence-corrected chi connectivity index (χ0v) is 15.5. The number of rotatable bonds is 3. The number of halogens is 1. The summed E-state index contributed by atoms with van der Waals surface area (Å²) >= 11 is 0. The van der Waals surface area contributed by atoms with Crippen molar-refractivity contribution < 1.29 is 18.8 Å². The smallest absolute Gasteiger partial charge is 0.263 e. The minimum Gasteiger partial charge on any atom is -0.367 e. The van der Waals surface area contributed by atoms with Crippen molar-refractivity contribution in [3.63, 3.8) is 0 Å². The summed E-state index contributed by atoms with van der Waals surface area (Å²) in [4.78, 5) is 42.1. The van der Waals surface area contributed by atoms with Crippen LogP contribution >= 0.6 is 0 Å². The summed E-state index contributed by atoms with van der Waals surface area (Å²) in [5.41, 5.74) is 2.25. The van der Waals surface area contributed by atoms with E-state index in [1.165, 1.54) is 19.2 Å². The summed E-state index contributed by atoms with van der Waals surface area (Å²) in [5.74, 6) is -0.974. The van der Waals surface area contributed by atoms with Gasteiger partial charge in [-0.3, -0.25) is 19.3 Å². The summed E-state index contributed by atoms with van der Waals surface area (Å²) < 4.78 is 13.3. The number of anilines is 1. The lowest BCUT2D eigenvalue weighted by atomic mass is 10.1. The molecule has 2 aromatic carbocycles. The van der Waals surface area contributed by atoms with Crippen LogP contribution in [-0.2, 0) is 11.2 Å². The fourth-order valence-electron chi connectivity index (χ4n) is 3.78. The highest BCUT2D eigenvalue weighted by Gasteiger charge is 2.36. The van der Waals surface area contributed by atoms with E-state index in [0.29, 0.717) is 42.9 Å². The Morgan fingerprint density at radius 3 is 2.43 bits per heavy atom. The molecule has 2 heterocycles. The van der Waals surface area contributed by atoms with Crippen molar-refractivity contribution in [3.8, 4) is 0 Å². The second-order valence-electron chi connectivity index (χ2n) is 7.04. The molecule has 1 fully saturated rings. The molecule has 0 unspecified atom stereocenters. The van der Waals surface area contributed by atoms with E-state index in [9.17, 15) is 18.8 Å². The molecule has 7 heteroatoms. The fourth-order valence-corrected chi connectivity index (χ4v) is 3.78. The molecule has 2 aromatic rings. The standard InChI is InChI=1S/C21H20FN3O3/c1-23-20(27)16-6-3-7-17(19(16)21(23)28)24-8-10-25(11-9-24)18(26)13-14-4-2-5-15(22)12-14/h2-7,12H,8-11,13H2,1H3. The van der Waals surface area contributed by atoms with Crippen LogP contribution in [0.3, 0.4) is 0 Å². The summed E-state index contributed by atoms with van der Waals surface area (Å²) in [5, 5.41) is 0. The number of carbonyl (C=O) groups excluding carboxylic acids is 3. The first kappa shape index (κ1) is 18.2. The number of carbonyl (C=O) groups is 3. The first-order chi connectivity index (χ1) is 13.5. The largest absolute Gasteiger partial charge is 0.367 e. The van der Waals surface area contributed by atoms with Crippen molar-refractivity contribution in [1.29, 1.82) is 0 Å². The maximum absolute atomic E-state index is 13.3. The molecule has 0 aliphatic carbocycles. The Kier molecular flexibility index (Phi) is 4.58. The molecule has 0 radical (unpaired) electrons. The zero-order chi connectivity index (χ0) is 19.8. The van der Waals surface area contributed by atoms with Gasteiger partial charge in [0, 0.05) is 33.2 Å². The van der Waals surface area contributed by atoms with Gasteiger partial charge in [-0.2, -0.15) is 0 Å². The van der Waals surface area contributed by atoms with E-state index in [1.54, 1.807) is 29.2 Å². The first-order valence-electron chi connectivity index (χ1n) is 9.18. The number of fused-ring (bicyclic) bond motifs is 1. The van der Waals surface area contributed by atoms with Gasteiger partial charge in [0.25, 0.3) is 11.8 Å². The Labute approximate surface area is 162 Å². The molecule has 6 nitrogen and oxygen atoms in total. The zero-order valence-electron chi connectivity index (χ0n) is 15.5. The number of piperazine rings is 1. The Hall–Kier alpha value is -3.22. The summed E-state index contributed by atoms with van der Waals surface area (Å²) in [6.45, 7) is 2.15. The monoisotopic (exact) mass is 381 g/mol. The lowest BCUT2D eigenvalue weighted by Crippen LogP contribution is -2.49. The van der Waals surface area contributed by atoms with Gasteiger partial charge in [0.15, 0.2) is 0 Å². The minimum absolute atomic E-state index is 0.0467. The van der Waals surface area contributed by atoms with Crippen molar-refractivity contribution in [2.45, 2.75) is 6.42 Å². The quantitative estimate of drug-likeness (QED) is 0.763. The summed E-state index contributed by atoms with van der Waals surface area (Å²) in [7, 11) is 1.48. The number of imide groups is 1. The van der Waals surface area contributed by atoms with E-state index < -0.39 is 0 Å². The normalized spacial score (nSPS) is 16.6. The summed E-state index contributed by atoms with van der Waals surface area (Å²) in [6, 6.07) is 11.4. The molecule has 2 aliphatic heterocycles. The number of hydrogen-bond donors (Lipinski definition) is 0. The van der Waals surface area contributed by atoms with E-state index in [1.807, 2.05) is 11.0 Å². The number of benzene rings is 2. The third-order valence-corrected chi connectivity index (χ3v) is 5.31. The molecule has 0 N–H and O–H groups in total. The highest BCUT2D eigenvalue weighted by Crippen LogP contribution is 2.31. The second-order valence-corrected chi connectivity index (χ2v) is 7.04. The van der Waals surface area contributed by atoms with Crippen LogP contribution in [-0.4, -0.2) is 60.7 Å². The second kappa shape index (κ2) is 7.07. The van der Waals surface area contributed by atoms with Gasteiger partial charge < -0.3 is 9.80 Å². The SMILES string of the molecule is CN1C(=O)c2cccc(N3CCN(C(=O)Cc4cccc(F)c4)CC3)c2C1=O.